The Balaban J connectivity index is 1.55. The molecule has 0 atom stereocenters. The van der Waals surface area contributed by atoms with Gasteiger partial charge < -0.3 is 10.1 Å². The number of cyclic esters (lactones) is 1. The highest BCUT2D eigenvalue weighted by Crippen LogP contribution is 2.25. The van der Waals surface area contributed by atoms with Crippen LogP contribution in [0.1, 0.15) is 21.5 Å². The fourth-order valence-electron chi connectivity index (χ4n) is 3.07. The first kappa shape index (κ1) is 15.3. The quantitative estimate of drug-likeness (QED) is 0.740. The fraction of sp³-hybridized carbons (Fsp3) is 0.100. The van der Waals surface area contributed by atoms with Gasteiger partial charge in [-0.1, -0.05) is 30.3 Å². The van der Waals surface area contributed by atoms with Crippen molar-refractivity contribution in [2.24, 2.45) is 0 Å². The second-order valence-electron chi connectivity index (χ2n) is 5.93. The van der Waals surface area contributed by atoms with Crippen LogP contribution in [0.25, 0.3) is 10.8 Å². The van der Waals surface area contributed by atoms with E-state index in [2.05, 4.69) is 5.32 Å². The minimum Gasteiger partial charge on any atom is -0.457 e. The summed E-state index contributed by atoms with van der Waals surface area (Å²) in [4.78, 5) is 23.8. The molecule has 0 aromatic heterocycles. The van der Waals surface area contributed by atoms with Crippen molar-refractivity contribution in [1.29, 1.82) is 0 Å². The first-order chi connectivity index (χ1) is 12.1. The van der Waals surface area contributed by atoms with Crippen LogP contribution in [0.4, 0.5) is 10.1 Å². The molecule has 3 aromatic carbocycles. The van der Waals surface area contributed by atoms with E-state index < -0.39 is 0 Å². The number of fused-ring (bicyclic) bond motifs is 2. The number of carbonyl (C=O) groups is 2. The Bertz CT molecular complexity index is 1010. The minimum absolute atomic E-state index is 0.132. The van der Waals surface area contributed by atoms with Crippen molar-refractivity contribution in [3.8, 4) is 0 Å². The number of hydrogen-bond donors (Lipinski definition) is 1. The van der Waals surface area contributed by atoms with E-state index in [4.69, 9.17) is 4.74 Å². The summed E-state index contributed by atoms with van der Waals surface area (Å²) < 4.78 is 18.8. The molecule has 1 N–H and O–H groups in total. The Morgan fingerprint density at radius 3 is 2.72 bits per heavy atom. The van der Waals surface area contributed by atoms with Gasteiger partial charge >= 0.3 is 5.97 Å². The van der Waals surface area contributed by atoms with E-state index in [0.29, 0.717) is 16.6 Å². The van der Waals surface area contributed by atoms with Gasteiger partial charge in [0.15, 0.2) is 0 Å². The molecule has 0 bridgehead atoms. The maximum atomic E-state index is 13.9. The summed E-state index contributed by atoms with van der Waals surface area (Å²) in [6.45, 7) is 0.223. The predicted molar refractivity (Wildman–Crippen MR) is 91.8 cm³/mol. The number of halogens is 1. The number of hydrogen-bond acceptors (Lipinski definition) is 3. The van der Waals surface area contributed by atoms with Gasteiger partial charge in [0.1, 0.15) is 12.4 Å². The SMILES string of the molecule is O=C(Cc1ccc(F)c2ccccc12)Nc1ccc2c(c1)COC2=O. The average Bonchev–Trinajstić information content (AvgIpc) is 2.98. The lowest BCUT2D eigenvalue weighted by Gasteiger charge is -2.09. The van der Waals surface area contributed by atoms with Gasteiger partial charge in [-0.3, -0.25) is 4.79 Å². The summed E-state index contributed by atoms with van der Waals surface area (Å²) in [5.41, 5.74) is 2.65. The van der Waals surface area contributed by atoms with E-state index in [1.807, 2.05) is 6.07 Å². The Hall–Kier alpha value is -3.21. The third-order valence-corrected chi connectivity index (χ3v) is 4.28. The molecule has 5 heteroatoms. The van der Waals surface area contributed by atoms with Crippen molar-refractivity contribution in [3.05, 3.63) is 77.1 Å². The zero-order valence-corrected chi connectivity index (χ0v) is 13.2. The molecule has 4 nitrogen and oxygen atoms in total. The molecule has 25 heavy (non-hydrogen) atoms. The molecule has 0 fully saturated rings. The Morgan fingerprint density at radius 2 is 1.88 bits per heavy atom. The Labute approximate surface area is 143 Å². The van der Waals surface area contributed by atoms with Gasteiger partial charge in [-0.05, 0) is 35.2 Å². The number of ether oxygens (including phenoxy) is 1. The van der Waals surface area contributed by atoms with Crippen molar-refractivity contribution < 1.29 is 18.7 Å². The first-order valence-electron chi connectivity index (χ1n) is 7.88. The van der Waals surface area contributed by atoms with Crippen LogP contribution in [0.15, 0.2) is 54.6 Å². The lowest BCUT2D eigenvalue weighted by atomic mass is 10.0. The van der Waals surface area contributed by atoms with Crippen LogP contribution in [0.5, 0.6) is 0 Å². The van der Waals surface area contributed by atoms with Crippen LogP contribution >= 0.6 is 0 Å². The van der Waals surface area contributed by atoms with Gasteiger partial charge in [0.25, 0.3) is 0 Å². The third-order valence-electron chi connectivity index (χ3n) is 4.28. The maximum Gasteiger partial charge on any atom is 0.338 e. The molecule has 0 saturated heterocycles. The van der Waals surface area contributed by atoms with Crippen molar-refractivity contribution >= 4 is 28.3 Å². The molecule has 0 unspecified atom stereocenters. The summed E-state index contributed by atoms with van der Waals surface area (Å²) in [5, 5.41) is 4.04. The maximum absolute atomic E-state index is 13.9. The van der Waals surface area contributed by atoms with Gasteiger partial charge in [-0.25, -0.2) is 9.18 Å². The standard InChI is InChI=1S/C20H14FNO3/c21-18-8-5-12(15-3-1-2-4-17(15)18)10-19(23)22-14-6-7-16-13(9-14)11-25-20(16)24/h1-9H,10-11H2,(H,22,23). The Morgan fingerprint density at radius 1 is 1.08 bits per heavy atom. The van der Waals surface area contributed by atoms with E-state index in [1.165, 1.54) is 6.07 Å². The van der Waals surface area contributed by atoms with E-state index >= 15 is 0 Å². The molecule has 1 aliphatic heterocycles. The summed E-state index contributed by atoms with van der Waals surface area (Å²) in [6.07, 6.45) is 0.132. The monoisotopic (exact) mass is 335 g/mol. The van der Waals surface area contributed by atoms with Gasteiger partial charge in [-0.2, -0.15) is 0 Å². The normalized spacial score (nSPS) is 12.8. The lowest BCUT2D eigenvalue weighted by Crippen LogP contribution is -2.15. The van der Waals surface area contributed by atoms with Gasteiger partial charge in [0, 0.05) is 16.6 Å². The molecule has 3 aromatic rings. The zero-order valence-electron chi connectivity index (χ0n) is 13.2. The van der Waals surface area contributed by atoms with E-state index in [0.717, 1.165) is 16.5 Å². The smallest absolute Gasteiger partial charge is 0.338 e. The molecule has 0 aliphatic carbocycles. The van der Waals surface area contributed by atoms with E-state index in [1.54, 1.807) is 42.5 Å². The predicted octanol–water partition coefficient (Wildman–Crippen LogP) is 3.83. The third kappa shape index (κ3) is 2.85. The van der Waals surface area contributed by atoms with Crippen molar-refractivity contribution in [2.45, 2.75) is 13.0 Å². The number of esters is 1. The van der Waals surface area contributed by atoms with Gasteiger partial charge in [-0.15, -0.1) is 0 Å². The summed E-state index contributed by atoms with van der Waals surface area (Å²) in [7, 11) is 0. The number of benzene rings is 3. The Kier molecular flexibility index (Phi) is 3.69. The van der Waals surface area contributed by atoms with Crippen LogP contribution in [-0.4, -0.2) is 11.9 Å². The van der Waals surface area contributed by atoms with Gasteiger partial charge in [0.05, 0.1) is 12.0 Å². The van der Waals surface area contributed by atoms with E-state index in [-0.39, 0.29) is 30.7 Å². The molecular formula is C20H14FNO3. The highest BCUT2D eigenvalue weighted by Gasteiger charge is 2.21. The van der Waals surface area contributed by atoms with Crippen LogP contribution in [0.3, 0.4) is 0 Å². The van der Waals surface area contributed by atoms with Gasteiger partial charge in [0.2, 0.25) is 5.91 Å². The molecule has 0 spiro atoms. The highest BCUT2D eigenvalue weighted by atomic mass is 19.1. The molecule has 0 radical (unpaired) electrons. The summed E-state index contributed by atoms with van der Waals surface area (Å²) in [6, 6.07) is 15.2. The number of amides is 1. The number of carbonyl (C=O) groups excluding carboxylic acids is 2. The average molecular weight is 335 g/mol. The number of nitrogens with one attached hydrogen (secondary N) is 1. The van der Waals surface area contributed by atoms with Crippen LogP contribution in [-0.2, 0) is 22.6 Å². The first-order valence-corrected chi connectivity index (χ1v) is 7.88. The van der Waals surface area contributed by atoms with Crippen molar-refractivity contribution in [3.63, 3.8) is 0 Å². The summed E-state index contributed by atoms with van der Waals surface area (Å²) >= 11 is 0. The zero-order chi connectivity index (χ0) is 17.4. The molecular weight excluding hydrogens is 321 g/mol. The second-order valence-corrected chi connectivity index (χ2v) is 5.93. The molecule has 1 heterocycles. The van der Waals surface area contributed by atoms with Crippen molar-refractivity contribution in [2.75, 3.05) is 5.32 Å². The van der Waals surface area contributed by atoms with Crippen LogP contribution in [0.2, 0.25) is 0 Å². The van der Waals surface area contributed by atoms with E-state index in [9.17, 15) is 14.0 Å². The molecule has 1 aliphatic rings. The fourth-order valence-corrected chi connectivity index (χ4v) is 3.07. The topological polar surface area (TPSA) is 55.4 Å². The molecule has 0 saturated carbocycles. The minimum atomic E-state index is -0.342. The lowest BCUT2D eigenvalue weighted by molar-refractivity contribution is -0.115. The summed E-state index contributed by atoms with van der Waals surface area (Å²) in [5.74, 6) is -0.851. The number of anilines is 1. The number of rotatable bonds is 3. The van der Waals surface area contributed by atoms with Crippen LogP contribution < -0.4 is 5.32 Å². The molecule has 1 amide bonds. The molecule has 4 rings (SSSR count). The molecule has 124 valence electrons. The van der Waals surface area contributed by atoms with Crippen molar-refractivity contribution in [1.82, 2.24) is 0 Å². The van der Waals surface area contributed by atoms with Crippen LogP contribution in [0, 0.1) is 5.82 Å². The second kappa shape index (κ2) is 6.02. The largest absolute Gasteiger partial charge is 0.457 e. The highest BCUT2D eigenvalue weighted by molar-refractivity contribution is 5.98.